The smallest absolute Gasteiger partial charge is 0.300 e. The quantitative estimate of drug-likeness (QED) is 0.406. The van der Waals surface area contributed by atoms with E-state index in [9.17, 15) is 9.28 Å². The topological polar surface area (TPSA) is 67.6 Å². The predicted molar refractivity (Wildman–Crippen MR) is 53.6 cm³/mol. The van der Waals surface area contributed by atoms with Gasteiger partial charge in [0, 0.05) is 6.61 Å². The van der Waals surface area contributed by atoms with E-state index < -0.39 is 12.0 Å². The molecule has 1 unspecified atom stereocenters. The number of nitrogens with two attached hydrogens (primary N) is 1. The molecule has 0 rings (SSSR count). The summed E-state index contributed by atoms with van der Waals surface area (Å²) in [5.74, 6) is -0.869. The van der Waals surface area contributed by atoms with Gasteiger partial charge >= 0.3 is 0 Å². The van der Waals surface area contributed by atoms with Gasteiger partial charge in [0.15, 0.2) is 5.11 Å². The maximum Gasteiger partial charge on any atom is 0.300 e. The second kappa shape index (κ2) is 6.50. The van der Waals surface area contributed by atoms with Crippen LogP contribution in [0.1, 0.15) is 20.3 Å². The van der Waals surface area contributed by atoms with Gasteiger partial charge in [-0.3, -0.25) is 4.79 Å². The van der Waals surface area contributed by atoms with Gasteiger partial charge in [0.25, 0.3) is 5.91 Å². The van der Waals surface area contributed by atoms with Gasteiger partial charge in [-0.1, -0.05) is 16.6 Å². The normalized spacial score (nSPS) is 11.9. The fraction of sp³-hybridized carbons (Fsp3) is 0.714. The lowest BCUT2D eigenvalue weighted by molar-refractivity contribution is -0.162. The summed E-state index contributed by atoms with van der Waals surface area (Å²) in [5.41, 5.74) is 6.82. The largest absolute Gasteiger partial charge is 0.375 e. The minimum atomic E-state index is -0.869. The molecule has 1 atom stereocenters. The van der Waals surface area contributed by atoms with Crippen LogP contribution in [0.4, 0.5) is 4.48 Å². The summed E-state index contributed by atoms with van der Waals surface area (Å²) < 4.78 is 17.9. The SMILES string of the molecule is CCCOC(C)C(=O)N(F)NC(N)=S. The number of amides is 1. The van der Waals surface area contributed by atoms with E-state index >= 15 is 0 Å². The molecule has 1 amide bonds. The van der Waals surface area contributed by atoms with Gasteiger partial charge in [-0.2, -0.15) is 0 Å². The van der Waals surface area contributed by atoms with Gasteiger partial charge in [-0.25, -0.2) is 5.43 Å². The van der Waals surface area contributed by atoms with E-state index in [4.69, 9.17) is 10.5 Å². The van der Waals surface area contributed by atoms with Gasteiger partial charge in [-0.15, -0.1) is 0 Å². The summed E-state index contributed by atoms with van der Waals surface area (Å²) in [5, 5.41) is -0.591. The Morgan fingerprint density at radius 3 is 2.79 bits per heavy atom. The number of hydrogen-bond donors (Lipinski definition) is 2. The van der Waals surface area contributed by atoms with Crippen molar-refractivity contribution in [2.24, 2.45) is 5.73 Å². The molecule has 0 aliphatic carbocycles. The van der Waals surface area contributed by atoms with E-state index in [1.165, 1.54) is 6.92 Å². The molecule has 7 heteroatoms. The van der Waals surface area contributed by atoms with Crippen LogP contribution in [-0.4, -0.2) is 29.0 Å². The molecule has 0 aromatic rings. The van der Waals surface area contributed by atoms with Crippen molar-refractivity contribution < 1.29 is 14.0 Å². The van der Waals surface area contributed by atoms with Crippen LogP contribution in [0.2, 0.25) is 0 Å². The monoisotopic (exact) mass is 223 g/mol. The lowest BCUT2D eigenvalue weighted by Gasteiger charge is -2.17. The van der Waals surface area contributed by atoms with Crippen LogP contribution in [0, 0.1) is 0 Å². The number of carbonyl (C=O) groups is 1. The summed E-state index contributed by atoms with van der Waals surface area (Å²) in [6, 6.07) is 0. The van der Waals surface area contributed by atoms with Gasteiger partial charge < -0.3 is 10.5 Å². The van der Waals surface area contributed by atoms with Crippen molar-refractivity contribution in [3.8, 4) is 0 Å². The van der Waals surface area contributed by atoms with Crippen molar-refractivity contribution in [2.75, 3.05) is 6.61 Å². The molecule has 0 spiro atoms. The Morgan fingerprint density at radius 1 is 1.79 bits per heavy atom. The Kier molecular flexibility index (Phi) is 6.06. The Balaban J connectivity index is 3.97. The van der Waals surface area contributed by atoms with E-state index in [1.807, 2.05) is 12.3 Å². The number of thiocarbonyl (C=S) groups is 1. The van der Waals surface area contributed by atoms with E-state index in [0.29, 0.717) is 6.61 Å². The van der Waals surface area contributed by atoms with Crippen LogP contribution < -0.4 is 11.2 Å². The average Bonchev–Trinajstić information content (AvgIpc) is 2.11. The summed E-state index contributed by atoms with van der Waals surface area (Å²) in [7, 11) is 0. The third-order valence-corrected chi connectivity index (χ3v) is 1.41. The molecule has 82 valence electrons. The highest BCUT2D eigenvalue weighted by Crippen LogP contribution is 1.98. The summed E-state index contributed by atoms with van der Waals surface area (Å²) in [4.78, 5) is 11.1. The minimum absolute atomic E-state index is 0.275. The van der Waals surface area contributed by atoms with Gasteiger partial charge in [0.1, 0.15) is 6.10 Å². The Morgan fingerprint density at radius 2 is 2.36 bits per heavy atom. The van der Waals surface area contributed by atoms with Crippen LogP contribution in [0.5, 0.6) is 0 Å². The van der Waals surface area contributed by atoms with Crippen LogP contribution in [-0.2, 0) is 9.53 Å². The number of halogens is 1. The van der Waals surface area contributed by atoms with Crippen molar-refractivity contribution in [1.29, 1.82) is 0 Å². The van der Waals surface area contributed by atoms with Crippen molar-refractivity contribution in [3.05, 3.63) is 0 Å². The first-order valence-electron chi connectivity index (χ1n) is 4.16. The molecule has 5 nitrogen and oxygen atoms in total. The number of ether oxygens (including phenoxy) is 1. The molecule has 0 aliphatic rings. The molecule has 0 radical (unpaired) electrons. The van der Waals surface area contributed by atoms with E-state index in [-0.39, 0.29) is 10.3 Å². The number of rotatable bonds is 4. The number of nitrogens with one attached hydrogen (secondary N) is 1. The fourth-order valence-corrected chi connectivity index (χ4v) is 0.758. The zero-order valence-electron chi connectivity index (χ0n) is 8.12. The van der Waals surface area contributed by atoms with Crippen molar-refractivity contribution in [1.82, 2.24) is 10.7 Å². The second-order valence-corrected chi connectivity index (χ2v) is 3.05. The molecule has 0 saturated carbocycles. The van der Waals surface area contributed by atoms with Gasteiger partial charge in [0.05, 0.1) is 0 Å². The van der Waals surface area contributed by atoms with Crippen molar-refractivity contribution in [2.45, 2.75) is 26.4 Å². The molecule has 0 heterocycles. The first-order chi connectivity index (χ1) is 6.49. The van der Waals surface area contributed by atoms with E-state index in [0.717, 1.165) is 6.42 Å². The average molecular weight is 223 g/mol. The molecule has 14 heavy (non-hydrogen) atoms. The Hall–Kier alpha value is -0.950. The third kappa shape index (κ3) is 4.93. The molecule has 0 aromatic carbocycles. The third-order valence-electron chi connectivity index (χ3n) is 1.32. The van der Waals surface area contributed by atoms with E-state index in [2.05, 4.69) is 12.2 Å². The molecular formula is C7H14FN3O2S. The zero-order chi connectivity index (χ0) is 11.1. The van der Waals surface area contributed by atoms with E-state index in [1.54, 1.807) is 0 Å². The van der Waals surface area contributed by atoms with Gasteiger partial charge in [0.2, 0.25) is 0 Å². The molecule has 0 aliphatic heterocycles. The Labute approximate surface area is 87.3 Å². The minimum Gasteiger partial charge on any atom is -0.375 e. The highest BCUT2D eigenvalue weighted by Gasteiger charge is 2.21. The summed E-state index contributed by atoms with van der Waals surface area (Å²) in [6.45, 7) is 3.73. The fourth-order valence-electron chi connectivity index (χ4n) is 0.677. The van der Waals surface area contributed by atoms with Crippen LogP contribution in [0.3, 0.4) is 0 Å². The maximum absolute atomic E-state index is 12.9. The first-order valence-corrected chi connectivity index (χ1v) is 4.57. The molecule has 0 aromatic heterocycles. The number of hydrazine groups is 1. The molecule has 0 saturated heterocycles. The molecule has 3 N–H and O–H groups in total. The molecular weight excluding hydrogens is 209 g/mol. The molecule has 0 bridgehead atoms. The predicted octanol–water partition coefficient (Wildman–Crippen LogP) is 0.263. The maximum atomic E-state index is 12.9. The Bertz CT molecular complexity index is 215. The number of hydrogen-bond acceptors (Lipinski definition) is 3. The second-order valence-electron chi connectivity index (χ2n) is 2.61. The standard InChI is InChI=1S/C7H14FN3O2S/c1-3-4-13-5(2)6(12)11(8)10-7(9)14/h5H,3-4H2,1-2H3,(H3,9,10,14). The summed E-state index contributed by atoms with van der Waals surface area (Å²) in [6.07, 6.45) is -0.103. The summed E-state index contributed by atoms with van der Waals surface area (Å²) >= 11 is 4.36. The van der Waals surface area contributed by atoms with Crippen molar-refractivity contribution >= 4 is 23.2 Å². The first kappa shape index (κ1) is 13.1. The van der Waals surface area contributed by atoms with Gasteiger partial charge in [-0.05, 0) is 25.6 Å². The lowest BCUT2D eigenvalue weighted by Crippen LogP contribution is -2.47. The van der Waals surface area contributed by atoms with Crippen molar-refractivity contribution in [3.63, 3.8) is 0 Å². The number of carbonyl (C=O) groups excluding carboxylic acids is 1. The van der Waals surface area contributed by atoms with Crippen LogP contribution >= 0.6 is 12.2 Å². The lowest BCUT2D eigenvalue weighted by atomic mass is 10.4. The van der Waals surface area contributed by atoms with Crippen LogP contribution in [0.15, 0.2) is 0 Å². The number of nitrogens with zero attached hydrogens (tertiary/aromatic N) is 1. The highest BCUT2D eigenvalue weighted by molar-refractivity contribution is 7.80. The zero-order valence-corrected chi connectivity index (χ0v) is 8.94. The molecule has 0 fully saturated rings. The highest BCUT2D eigenvalue weighted by atomic mass is 32.1. The van der Waals surface area contributed by atoms with Crippen LogP contribution in [0.25, 0.3) is 0 Å².